The second kappa shape index (κ2) is 8.50. The highest BCUT2D eigenvalue weighted by atomic mass is 32.2. The minimum absolute atomic E-state index is 0.0891. The van der Waals surface area contributed by atoms with E-state index in [0.29, 0.717) is 31.3 Å². The molecule has 0 radical (unpaired) electrons. The monoisotopic (exact) mass is 392 g/mol. The van der Waals surface area contributed by atoms with Crippen molar-refractivity contribution in [2.24, 2.45) is 5.92 Å². The van der Waals surface area contributed by atoms with Crippen LogP contribution in [0.5, 0.6) is 0 Å². The molecule has 1 fully saturated rings. The average Bonchev–Trinajstić information content (AvgIpc) is 3.27. The fourth-order valence-electron chi connectivity index (χ4n) is 3.53. The molecule has 2 aromatic rings. The van der Waals surface area contributed by atoms with Crippen molar-refractivity contribution in [1.29, 1.82) is 0 Å². The summed E-state index contributed by atoms with van der Waals surface area (Å²) in [6.07, 6.45) is 1.54. The smallest absolute Gasteiger partial charge is 0.247 e. The Hall–Kier alpha value is -1.77. The van der Waals surface area contributed by atoms with Crippen LogP contribution in [-0.4, -0.2) is 67.3 Å². The minimum Gasteiger partial charge on any atom is -0.420 e. The number of aromatic nitrogens is 2. The summed E-state index contributed by atoms with van der Waals surface area (Å²) < 4.78 is 32.9. The molecule has 0 bridgehead atoms. The summed E-state index contributed by atoms with van der Waals surface area (Å²) in [6.45, 7) is 3.67. The lowest BCUT2D eigenvalue weighted by Gasteiger charge is -2.19. The molecule has 1 aliphatic heterocycles. The van der Waals surface area contributed by atoms with Crippen molar-refractivity contribution < 1.29 is 12.8 Å². The van der Waals surface area contributed by atoms with E-state index in [2.05, 4.69) is 15.1 Å². The lowest BCUT2D eigenvalue weighted by Crippen LogP contribution is -2.32. The van der Waals surface area contributed by atoms with Crippen molar-refractivity contribution >= 4 is 10.0 Å². The van der Waals surface area contributed by atoms with Crippen molar-refractivity contribution in [1.82, 2.24) is 19.4 Å². The molecule has 1 aliphatic rings. The molecule has 1 saturated heterocycles. The third kappa shape index (κ3) is 4.75. The molecule has 8 heteroatoms. The lowest BCUT2D eigenvalue weighted by molar-refractivity contribution is 0.300. The molecule has 0 spiro atoms. The average molecular weight is 393 g/mol. The molecule has 7 nitrogen and oxygen atoms in total. The SMILES string of the molecule is CCCCS(=O)(=O)N1C[C@H](CN(C)C)[C@@H](c2nnc(-c3ccccc3)o2)C1. The van der Waals surface area contributed by atoms with Gasteiger partial charge in [-0.2, -0.15) is 0 Å². The normalized spacial score (nSPS) is 21.2. The molecule has 0 amide bonds. The van der Waals surface area contributed by atoms with Crippen LogP contribution in [0.3, 0.4) is 0 Å². The number of rotatable bonds is 8. The van der Waals surface area contributed by atoms with E-state index in [0.717, 1.165) is 18.5 Å². The predicted molar refractivity (Wildman–Crippen MR) is 105 cm³/mol. The van der Waals surface area contributed by atoms with Crippen LogP contribution in [-0.2, 0) is 10.0 Å². The molecule has 1 aromatic heterocycles. The van der Waals surface area contributed by atoms with Gasteiger partial charge in [-0.1, -0.05) is 31.5 Å². The number of nitrogens with zero attached hydrogens (tertiary/aromatic N) is 4. The van der Waals surface area contributed by atoms with E-state index in [1.165, 1.54) is 0 Å². The summed E-state index contributed by atoms with van der Waals surface area (Å²) in [5, 5.41) is 8.44. The predicted octanol–water partition coefficient (Wildman–Crippen LogP) is 2.44. The summed E-state index contributed by atoms with van der Waals surface area (Å²) in [4.78, 5) is 2.08. The van der Waals surface area contributed by atoms with Gasteiger partial charge in [0, 0.05) is 25.2 Å². The van der Waals surface area contributed by atoms with Crippen molar-refractivity contribution in [3.05, 3.63) is 36.2 Å². The molecule has 2 heterocycles. The fraction of sp³-hybridized carbons (Fsp3) is 0.579. The maximum atomic E-state index is 12.7. The van der Waals surface area contributed by atoms with Gasteiger partial charge in [0.05, 0.1) is 11.7 Å². The van der Waals surface area contributed by atoms with Crippen LogP contribution in [0, 0.1) is 5.92 Å². The molecular weight excluding hydrogens is 364 g/mol. The zero-order chi connectivity index (χ0) is 19.4. The highest BCUT2D eigenvalue weighted by Gasteiger charge is 2.41. The number of benzene rings is 1. The molecule has 2 atom stereocenters. The van der Waals surface area contributed by atoms with E-state index in [-0.39, 0.29) is 17.6 Å². The van der Waals surface area contributed by atoms with Gasteiger partial charge in [-0.05, 0) is 38.6 Å². The highest BCUT2D eigenvalue weighted by molar-refractivity contribution is 7.89. The molecule has 27 heavy (non-hydrogen) atoms. The lowest BCUT2D eigenvalue weighted by atomic mass is 9.95. The van der Waals surface area contributed by atoms with E-state index in [4.69, 9.17) is 4.42 Å². The standard InChI is InChI=1S/C19H28N4O3S/c1-4-5-11-27(24,25)23-13-16(12-22(2)3)17(14-23)19-21-20-18(26-19)15-9-7-6-8-10-15/h6-10,16-17H,4-5,11-14H2,1-3H3/t16-,17-/m0/s1. The summed E-state index contributed by atoms with van der Waals surface area (Å²) in [6, 6.07) is 9.62. The second-order valence-corrected chi connectivity index (χ2v) is 9.52. The molecule has 0 saturated carbocycles. The van der Waals surface area contributed by atoms with Crippen LogP contribution in [0.15, 0.2) is 34.7 Å². The first kappa shape index (κ1) is 20.0. The number of hydrogen-bond donors (Lipinski definition) is 0. The van der Waals surface area contributed by atoms with Crippen molar-refractivity contribution in [3.8, 4) is 11.5 Å². The highest BCUT2D eigenvalue weighted by Crippen LogP contribution is 2.35. The van der Waals surface area contributed by atoms with Gasteiger partial charge in [0.25, 0.3) is 0 Å². The van der Waals surface area contributed by atoms with Gasteiger partial charge in [0.1, 0.15) is 0 Å². The number of sulfonamides is 1. The summed E-state index contributed by atoms with van der Waals surface area (Å²) in [5.74, 6) is 1.23. The van der Waals surface area contributed by atoms with Crippen molar-refractivity contribution in [2.45, 2.75) is 25.7 Å². The Morgan fingerprint density at radius 1 is 1.19 bits per heavy atom. The zero-order valence-electron chi connectivity index (χ0n) is 16.2. The van der Waals surface area contributed by atoms with E-state index in [1.54, 1.807) is 4.31 Å². The van der Waals surface area contributed by atoms with Gasteiger partial charge >= 0.3 is 0 Å². The van der Waals surface area contributed by atoms with Crippen LogP contribution < -0.4 is 0 Å². The minimum atomic E-state index is -3.25. The largest absolute Gasteiger partial charge is 0.420 e. The van der Waals surface area contributed by atoms with Gasteiger partial charge in [-0.15, -0.1) is 10.2 Å². The first-order valence-corrected chi connectivity index (χ1v) is 11.0. The first-order valence-electron chi connectivity index (χ1n) is 9.42. The van der Waals surface area contributed by atoms with Gasteiger partial charge < -0.3 is 9.32 Å². The number of hydrogen-bond acceptors (Lipinski definition) is 6. The first-order chi connectivity index (χ1) is 12.9. The third-order valence-corrected chi connectivity index (χ3v) is 6.82. The molecule has 3 rings (SSSR count). The Labute approximate surface area is 161 Å². The third-order valence-electron chi connectivity index (χ3n) is 4.93. The van der Waals surface area contributed by atoms with E-state index in [9.17, 15) is 8.42 Å². The quantitative estimate of drug-likeness (QED) is 0.686. The van der Waals surface area contributed by atoms with Gasteiger partial charge in [0.2, 0.25) is 21.8 Å². The second-order valence-electron chi connectivity index (χ2n) is 7.43. The Balaban J connectivity index is 1.83. The topological polar surface area (TPSA) is 79.5 Å². The van der Waals surface area contributed by atoms with Crippen molar-refractivity contribution in [3.63, 3.8) is 0 Å². The van der Waals surface area contributed by atoms with Crippen molar-refractivity contribution in [2.75, 3.05) is 39.5 Å². The Morgan fingerprint density at radius 2 is 1.93 bits per heavy atom. The van der Waals surface area contributed by atoms with Crippen LogP contribution in [0.1, 0.15) is 31.6 Å². The molecule has 0 aliphatic carbocycles. The molecule has 0 unspecified atom stereocenters. The fourth-order valence-corrected chi connectivity index (χ4v) is 5.25. The number of unbranched alkanes of at least 4 members (excludes halogenated alkanes) is 1. The van der Waals surface area contributed by atoms with Gasteiger partial charge in [-0.25, -0.2) is 12.7 Å². The molecule has 148 valence electrons. The van der Waals surface area contributed by atoms with Gasteiger partial charge in [-0.3, -0.25) is 0 Å². The molecule has 0 N–H and O–H groups in total. The van der Waals surface area contributed by atoms with Crippen LogP contribution in [0.25, 0.3) is 11.5 Å². The Kier molecular flexibility index (Phi) is 6.29. The molecule has 1 aromatic carbocycles. The van der Waals surface area contributed by atoms with E-state index >= 15 is 0 Å². The van der Waals surface area contributed by atoms with Crippen LogP contribution in [0.4, 0.5) is 0 Å². The zero-order valence-corrected chi connectivity index (χ0v) is 17.0. The van der Waals surface area contributed by atoms with E-state index in [1.807, 2.05) is 51.4 Å². The van der Waals surface area contributed by atoms with E-state index < -0.39 is 10.0 Å². The maximum absolute atomic E-state index is 12.7. The molecular formula is C19H28N4O3S. The van der Waals surface area contributed by atoms with Crippen LogP contribution >= 0.6 is 0 Å². The summed E-state index contributed by atoms with van der Waals surface area (Å²) in [5.41, 5.74) is 0.867. The van der Waals surface area contributed by atoms with Crippen LogP contribution in [0.2, 0.25) is 0 Å². The summed E-state index contributed by atoms with van der Waals surface area (Å²) in [7, 11) is 0.737. The Morgan fingerprint density at radius 3 is 2.59 bits per heavy atom. The van der Waals surface area contributed by atoms with Gasteiger partial charge in [0.15, 0.2) is 0 Å². The Bertz CT molecular complexity index is 836. The maximum Gasteiger partial charge on any atom is 0.247 e. The summed E-state index contributed by atoms with van der Waals surface area (Å²) >= 11 is 0.